The van der Waals surface area contributed by atoms with Gasteiger partial charge in [-0.3, -0.25) is 0 Å². The van der Waals surface area contributed by atoms with E-state index in [9.17, 15) is 4.79 Å². The standard InChI is InChI=1S/C22H31N5O3/c1-22(2,3)30-21(28)26-11-8-16(9-12-26)20-14-17(20)10-13-29-19-6-4-18(5-7-19)27-15-23-24-25-27/h4-7,15-17,20H,8-14H2,1-3H3. The van der Waals surface area contributed by atoms with Crippen LogP contribution >= 0.6 is 0 Å². The minimum absolute atomic E-state index is 0.173. The number of amides is 1. The van der Waals surface area contributed by atoms with Crippen LogP contribution in [0, 0.1) is 17.8 Å². The Morgan fingerprint density at radius 2 is 1.90 bits per heavy atom. The third-order valence-electron chi connectivity index (χ3n) is 5.98. The molecule has 2 aromatic rings. The molecule has 1 saturated carbocycles. The fourth-order valence-corrected chi connectivity index (χ4v) is 4.32. The first-order valence-corrected chi connectivity index (χ1v) is 10.8. The predicted molar refractivity (Wildman–Crippen MR) is 111 cm³/mol. The normalized spacial score (nSPS) is 22.0. The summed E-state index contributed by atoms with van der Waals surface area (Å²) in [6.07, 6.45) is 5.94. The second-order valence-corrected chi connectivity index (χ2v) is 9.35. The average molecular weight is 414 g/mol. The van der Waals surface area contributed by atoms with E-state index in [1.807, 2.05) is 49.9 Å². The van der Waals surface area contributed by atoms with Crippen LogP contribution in [0.4, 0.5) is 4.79 Å². The summed E-state index contributed by atoms with van der Waals surface area (Å²) in [5.41, 5.74) is 0.482. The van der Waals surface area contributed by atoms with Crippen molar-refractivity contribution in [3.63, 3.8) is 0 Å². The molecular weight excluding hydrogens is 382 g/mol. The molecule has 8 nitrogen and oxygen atoms in total. The summed E-state index contributed by atoms with van der Waals surface area (Å²) >= 11 is 0. The molecule has 1 aliphatic heterocycles. The Morgan fingerprint density at radius 1 is 1.17 bits per heavy atom. The summed E-state index contributed by atoms with van der Waals surface area (Å²) in [6.45, 7) is 8.11. The van der Waals surface area contributed by atoms with E-state index in [4.69, 9.17) is 9.47 Å². The maximum absolute atomic E-state index is 12.2. The van der Waals surface area contributed by atoms with Crippen molar-refractivity contribution < 1.29 is 14.3 Å². The predicted octanol–water partition coefficient (Wildman–Crippen LogP) is 3.71. The van der Waals surface area contributed by atoms with Crippen molar-refractivity contribution in [2.75, 3.05) is 19.7 Å². The number of carbonyl (C=O) groups is 1. The Morgan fingerprint density at radius 3 is 2.53 bits per heavy atom. The van der Waals surface area contributed by atoms with E-state index in [0.29, 0.717) is 0 Å². The van der Waals surface area contributed by atoms with Gasteiger partial charge in [-0.2, -0.15) is 0 Å². The number of carbonyl (C=O) groups excluding carboxylic acids is 1. The number of hydrogen-bond acceptors (Lipinski definition) is 6. The Labute approximate surface area is 177 Å². The fourth-order valence-electron chi connectivity index (χ4n) is 4.32. The maximum atomic E-state index is 12.2. The first-order chi connectivity index (χ1) is 14.4. The van der Waals surface area contributed by atoms with Gasteiger partial charge in [0.1, 0.15) is 17.7 Å². The van der Waals surface area contributed by atoms with E-state index in [0.717, 1.165) is 68.1 Å². The Hall–Kier alpha value is -2.64. The zero-order valence-corrected chi connectivity index (χ0v) is 18.0. The van der Waals surface area contributed by atoms with Crippen LogP contribution in [-0.2, 0) is 4.74 Å². The molecule has 0 N–H and O–H groups in total. The van der Waals surface area contributed by atoms with Crippen molar-refractivity contribution in [2.24, 2.45) is 17.8 Å². The van der Waals surface area contributed by atoms with Crippen LogP contribution in [0.2, 0.25) is 0 Å². The lowest BCUT2D eigenvalue weighted by molar-refractivity contribution is 0.0174. The molecule has 2 heterocycles. The molecule has 4 rings (SSSR count). The van der Waals surface area contributed by atoms with Crippen LogP contribution in [-0.4, -0.2) is 56.5 Å². The lowest BCUT2D eigenvalue weighted by atomic mass is 9.90. The summed E-state index contributed by atoms with van der Waals surface area (Å²) < 4.78 is 13.0. The minimum atomic E-state index is -0.427. The summed E-state index contributed by atoms with van der Waals surface area (Å²) in [6, 6.07) is 7.80. The van der Waals surface area contributed by atoms with E-state index in [1.54, 1.807) is 11.0 Å². The summed E-state index contributed by atoms with van der Waals surface area (Å²) in [5, 5.41) is 11.2. The molecule has 8 heteroatoms. The molecule has 0 radical (unpaired) electrons. The molecule has 1 aromatic carbocycles. The zero-order chi connectivity index (χ0) is 21.1. The van der Waals surface area contributed by atoms with Crippen LogP contribution in [0.1, 0.15) is 46.5 Å². The van der Waals surface area contributed by atoms with Crippen LogP contribution in [0.3, 0.4) is 0 Å². The van der Waals surface area contributed by atoms with Gasteiger partial charge in [-0.1, -0.05) is 0 Å². The second-order valence-electron chi connectivity index (χ2n) is 9.35. The van der Waals surface area contributed by atoms with Crippen molar-refractivity contribution in [3.8, 4) is 11.4 Å². The van der Waals surface area contributed by atoms with Gasteiger partial charge in [0.25, 0.3) is 0 Å². The number of ether oxygens (including phenoxy) is 2. The largest absolute Gasteiger partial charge is 0.494 e. The van der Waals surface area contributed by atoms with E-state index in [-0.39, 0.29) is 6.09 Å². The Bertz CT molecular complexity index is 823. The van der Waals surface area contributed by atoms with Gasteiger partial charge >= 0.3 is 6.09 Å². The minimum Gasteiger partial charge on any atom is -0.494 e. The molecule has 1 saturated heterocycles. The highest BCUT2D eigenvalue weighted by Crippen LogP contribution is 2.49. The van der Waals surface area contributed by atoms with Gasteiger partial charge in [0.05, 0.1) is 12.3 Å². The van der Waals surface area contributed by atoms with Crippen molar-refractivity contribution in [1.29, 1.82) is 0 Å². The first-order valence-electron chi connectivity index (χ1n) is 10.8. The Kier molecular flexibility index (Phi) is 5.92. The molecule has 1 amide bonds. The van der Waals surface area contributed by atoms with Gasteiger partial charge < -0.3 is 14.4 Å². The van der Waals surface area contributed by atoms with Crippen molar-refractivity contribution in [3.05, 3.63) is 30.6 Å². The molecule has 0 spiro atoms. The van der Waals surface area contributed by atoms with E-state index in [1.165, 1.54) is 6.42 Å². The van der Waals surface area contributed by atoms with E-state index >= 15 is 0 Å². The number of tetrazole rings is 1. The van der Waals surface area contributed by atoms with E-state index in [2.05, 4.69) is 15.5 Å². The van der Waals surface area contributed by atoms with Gasteiger partial charge in [0.15, 0.2) is 0 Å². The summed E-state index contributed by atoms with van der Waals surface area (Å²) in [5.74, 6) is 3.14. The summed E-state index contributed by atoms with van der Waals surface area (Å²) in [7, 11) is 0. The van der Waals surface area contributed by atoms with E-state index < -0.39 is 5.60 Å². The van der Waals surface area contributed by atoms with Crippen molar-refractivity contribution in [2.45, 2.75) is 52.1 Å². The molecule has 0 bridgehead atoms. The van der Waals surface area contributed by atoms with Gasteiger partial charge in [0, 0.05) is 13.1 Å². The van der Waals surface area contributed by atoms with Crippen molar-refractivity contribution in [1.82, 2.24) is 25.1 Å². The molecule has 30 heavy (non-hydrogen) atoms. The smallest absolute Gasteiger partial charge is 0.410 e. The number of rotatable bonds is 6. The summed E-state index contributed by atoms with van der Waals surface area (Å²) in [4.78, 5) is 14.1. The second kappa shape index (κ2) is 8.62. The maximum Gasteiger partial charge on any atom is 0.410 e. The van der Waals surface area contributed by atoms with Gasteiger partial charge in [-0.25, -0.2) is 9.48 Å². The molecule has 2 fully saturated rings. The number of likely N-dealkylation sites (tertiary alicyclic amines) is 1. The van der Waals surface area contributed by atoms with Crippen LogP contribution in [0.15, 0.2) is 30.6 Å². The van der Waals surface area contributed by atoms with Gasteiger partial charge in [-0.05, 0) is 98.9 Å². The lowest BCUT2D eigenvalue weighted by Crippen LogP contribution is -2.42. The molecule has 162 valence electrons. The van der Waals surface area contributed by atoms with Crippen LogP contribution in [0.5, 0.6) is 5.75 Å². The topological polar surface area (TPSA) is 82.4 Å². The quantitative estimate of drug-likeness (QED) is 0.718. The van der Waals surface area contributed by atoms with Crippen LogP contribution < -0.4 is 4.74 Å². The van der Waals surface area contributed by atoms with Crippen LogP contribution in [0.25, 0.3) is 5.69 Å². The van der Waals surface area contributed by atoms with Crippen molar-refractivity contribution >= 4 is 6.09 Å². The Balaban J connectivity index is 1.15. The SMILES string of the molecule is CC(C)(C)OC(=O)N1CCC(C2CC2CCOc2ccc(-n3cnnn3)cc2)CC1. The molecule has 2 unspecified atom stereocenters. The highest BCUT2D eigenvalue weighted by molar-refractivity contribution is 5.68. The van der Waals surface area contributed by atoms with Gasteiger partial charge in [-0.15, -0.1) is 5.10 Å². The van der Waals surface area contributed by atoms with Gasteiger partial charge in [0.2, 0.25) is 0 Å². The molecule has 1 aromatic heterocycles. The third kappa shape index (κ3) is 5.29. The average Bonchev–Trinajstić information content (AvgIpc) is 3.27. The lowest BCUT2D eigenvalue weighted by Gasteiger charge is -2.33. The number of hydrogen-bond donors (Lipinski definition) is 0. The third-order valence-corrected chi connectivity index (χ3v) is 5.98. The number of benzene rings is 1. The highest BCUT2D eigenvalue weighted by Gasteiger charge is 2.43. The highest BCUT2D eigenvalue weighted by atomic mass is 16.6. The monoisotopic (exact) mass is 413 g/mol. The first kappa shape index (κ1) is 20.6. The number of nitrogens with zero attached hydrogens (tertiary/aromatic N) is 5. The zero-order valence-electron chi connectivity index (χ0n) is 18.0. The molecular formula is C22H31N5O3. The molecule has 2 aliphatic rings. The fraction of sp³-hybridized carbons (Fsp3) is 0.636. The number of aromatic nitrogens is 4. The number of piperidine rings is 1. The molecule has 2 atom stereocenters. The molecule has 1 aliphatic carbocycles.